The first kappa shape index (κ1) is 14.5. The fraction of sp³-hybridized carbons (Fsp3) is 0.357. The van der Waals surface area contributed by atoms with E-state index in [1.54, 1.807) is 23.3 Å². The molecular weight excluding hydrogens is 274 g/mol. The van der Waals surface area contributed by atoms with Crippen LogP contribution < -0.4 is 4.73 Å². The van der Waals surface area contributed by atoms with E-state index in [0.717, 1.165) is 15.6 Å². The average molecular weight is 291 g/mol. The van der Waals surface area contributed by atoms with Crippen molar-refractivity contribution in [3.63, 3.8) is 0 Å². The highest BCUT2D eigenvalue weighted by atomic mass is 32.1. The van der Waals surface area contributed by atoms with Crippen molar-refractivity contribution in [2.45, 2.75) is 26.8 Å². The molecule has 2 aromatic heterocycles. The number of carbonyl (C=O) groups is 1. The molecule has 106 valence electrons. The Morgan fingerprint density at radius 3 is 2.50 bits per heavy atom. The summed E-state index contributed by atoms with van der Waals surface area (Å²) < 4.78 is 0.664. The molecule has 0 spiro atoms. The molecule has 0 radical (unpaired) electrons. The van der Waals surface area contributed by atoms with Gasteiger partial charge in [-0.05, 0) is 20.8 Å². The third-order valence-corrected chi connectivity index (χ3v) is 4.51. The first-order valence-electron chi connectivity index (χ1n) is 6.30. The number of amides is 1. The van der Waals surface area contributed by atoms with Gasteiger partial charge in [0, 0.05) is 24.1 Å². The van der Waals surface area contributed by atoms with Crippen molar-refractivity contribution in [1.82, 2.24) is 9.88 Å². The monoisotopic (exact) mass is 291 g/mol. The van der Waals surface area contributed by atoms with Gasteiger partial charge in [0.25, 0.3) is 5.91 Å². The second-order valence-corrected chi connectivity index (χ2v) is 5.96. The van der Waals surface area contributed by atoms with E-state index in [1.165, 1.54) is 24.5 Å². The molecule has 0 fully saturated rings. The minimum absolute atomic E-state index is 0.0479. The van der Waals surface area contributed by atoms with Crippen molar-refractivity contribution in [2.24, 2.45) is 0 Å². The lowest BCUT2D eigenvalue weighted by atomic mass is 10.1. The van der Waals surface area contributed by atoms with Crippen LogP contribution in [0.4, 0.5) is 0 Å². The Labute approximate surface area is 122 Å². The zero-order chi connectivity index (χ0) is 14.9. The lowest BCUT2D eigenvalue weighted by Gasteiger charge is -2.24. The van der Waals surface area contributed by atoms with Crippen LogP contribution in [-0.4, -0.2) is 22.8 Å². The predicted octanol–water partition coefficient (Wildman–Crippen LogP) is 2.23. The van der Waals surface area contributed by atoms with Gasteiger partial charge in [0.05, 0.1) is 22.3 Å². The van der Waals surface area contributed by atoms with Gasteiger partial charge in [-0.3, -0.25) is 4.79 Å². The van der Waals surface area contributed by atoms with Crippen LogP contribution in [0.25, 0.3) is 0 Å². The minimum atomic E-state index is -0.108. The van der Waals surface area contributed by atoms with Gasteiger partial charge in [0.1, 0.15) is 0 Å². The second kappa shape index (κ2) is 5.58. The van der Waals surface area contributed by atoms with Gasteiger partial charge >= 0.3 is 0 Å². The smallest absolute Gasteiger partial charge is 0.254 e. The van der Waals surface area contributed by atoms with Crippen LogP contribution in [0.3, 0.4) is 0 Å². The van der Waals surface area contributed by atoms with E-state index in [-0.39, 0.29) is 11.9 Å². The number of nitrogens with zero attached hydrogens (tertiary/aromatic N) is 3. The molecule has 1 atom stereocenters. The Morgan fingerprint density at radius 2 is 2.00 bits per heavy atom. The maximum atomic E-state index is 12.4. The zero-order valence-electron chi connectivity index (χ0n) is 12.0. The Balaban J connectivity index is 2.22. The number of thiazole rings is 1. The van der Waals surface area contributed by atoms with E-state index in [4.69, 9.17) is 0 Å². The van der Waals surface area contributed by atoms with Crippen LogP contribution in [0, 0.1) is 19.1 Å². The summed E-state index contributed by atoms with van der Waals surface area (Å²) in [4.78, 5) is 19.5. The van der Waals surface area contributed by atoms with E-state index >= 15 is 0 Å². The van der Waals surface area contributed by atoms with E-state index in [0.29, 0.717) is 10.3 Å². The summed E-state index contributed by atoms with van der Waals surface area (Å²) in [6.07, 6.45) is 2.65. The van der Waals surface area contributed by atoms with Crippen LogP contribution in [0.5, 0.6) is 0 Å². The molecule has 2 aromatic rings. The van der Waals surface area contributed by atoms with E-state index in [1.807, 2.05) is 20.8 Å². The molecule has 5 nitrogen and oxygen atoms in total. The summed E-state index contributed by atoms with van der Waals surface area (Å²) in [5.74, 6) is -0.108. The Morgan fingerprint density at radius 1 is 1.40 bits per heavy atom. The summed E-state index contributed by atoms with van der Waals surface area (Å²) >= 11 is 1.61. The summed E-state index contributed by atoms with van der Waals surface area (Å²) in [6.45, 7) is 5.89. The largest absolute Gasteiger partial charge is 0.619 e. The van der Waals surface area contributed by atoms with Crippen LogP contribution in [0.1, 0.15) is 38.9 Å². The van der Waals surface area contributed by atoms with Crippen molar-refractivity contribution in [3.05, 3.63) is 50.9 Å². The van der Waals surface area contributed by atoms with Crippen LogP contribution >= 0.6 is 11.3 Å². The standard InChI is InChI=1S/C14H17N3O2S/c1-9-13(20-11(3)15-9)10(2)16(4)14(18)12-5-7-17(19)8-6-12/h5-8,10H,1-4H3. The molecule has 0 N–H and O–H groups in total. The molecule has 0 bridgehead atoms. The van der Waals surface area contributed by atoms with Crippen LogP contribution in [0.15, 0.2) is 24.5 Å². The highest BCUT2D eigenvalue weighted by Gasteiger charge is 2.22. The van der Waals surface area contributed by atoms with Crippen molar-refractivity contribution in [3.8, 4) is 0 Å². The van der Waals surface area contributed by atoms with Gasteiger partial charge < -0.3 is 10.1 Å². The lowest BCUT2D eigenvalue weighted by Crippen LogP contribution is -2.31. The van der Waals surface area contributed by atoms with Crippen molar-refractivity contribution in [2.75, 3.05) is 7.05 Å². The summed E-state index contributed by atoms with van der Waals surface area (Å²) in [6, 6.07) is 3.01. The van der Waals surface area contributed by atoms with E-state index < -0.39 is 0 Å². The van der Waals surface area contributed by atoms with Crippen molar-refractivity contribution < 1.29 is 9.52 Å². The quantitative estimate of drug-likeness (QED) is 0.643. The molecule has 6 heteroatoms. The van der Waals surface area contributed by atoms with Crippen LogP contribution in [-0.2, 0) is 0 Å². The topological polar surface area (TPSA) is 60.1 Å². The van der Waals surface area contributed by atoms with E-state index in [9.17, 15) is 10.0 Å². The third kappa shape index (κ3) is 2.80. The number of pyridine rings is 1. The van der Waals surface area contributed by atoms with E-state index in [2.05, 4.69) is 4.98 Å². The lowest BCUT2D eigenvalue weighted by molar-refractivity contribution is -0.605. The third-order valence-electron chi connectivity index (χ3n) is 3.27. The maximum absolute atomic E-state index is 12.4. The molecule has 2 heterocycles. The SMILES string of the molecule is Cc1nc(C)c(C(C)N(C)C(=O)c2cc[n+]([O-])cc2)s1. The molecule has 0 aliphatic heterocycles. The molecule has 20 heavy (non-hydrogen) atoms. The molecule has 0 aromatic carbocycles. The highest BCUT2D eigenvalue weighted by molar-refractivity contribution is 7.11. The molecule has 0 aliphatic rings. The highest BCUT2D eigenvalue weighted by Crippen LogP contribution is 2.28. The minimum Gasteiger partial charge on any atom is -0.619 e. The number of carbonyl (C=O) groups excluding carboxylic acids is 1. The molecule has 1 unspecified atom stereocenters. The zero-order valence-corrected chi connectivity index (χ0v) is 12.8. The van der Waals surface area contributed by atoms with Gasteiger partial charge in [-0.2, -0.15) is 4.73 Å². The number of rotatable bonds is 3. The fourth-order valence-electron chi connectivity index (χ4n) is 2.05. The van der Waals surface area contributed by atoms with Gasteiger partial charge in [-0.15, -0.1) is 11.3 Å². The molecule has 2 rings (SSSR count). The van der Waals surface area contributed by atoms with Gasteiger partial charge in [-0.1, -0.05) is 0 Å². The van der Waals surface area contributed by atoms with Crippen molar-refractivity contribution in [1.29, 1.82) is 0 Å². The molecule has 1 amide bonds. The maximum Gasteiger partial charge on any atom is 0.254 e. The Kier molecular flexibility index (Phi) is 4.04. The normalized spacial score (nSPS) is 12.2. The average Bonchev–Trinajstić information content (AvgIpc) is 2.76. The molecule has 0 saturated carbocycles. The predicted molar refractivity (Wildman–Crippen MR) is 77.5 cm³/mol. The number of hydrogen-bond donors (Lipinski definition) is 0. The molecular formula is C14H17N3O2S. The van der Waals surface area contributed by atoms with Gasteiger partial charge in [-0.25, -0.2) is 4.98 Å². The fourth-order valence-corrected chi connectivity index (χ4v) is 3.07. The first-order valence-corrected chi connectivity index (χ1v) is 7.11. The number of aryl methyl sites for hydroxylation is 2. The number of aromatic nitrogens is 2. The summed E-state index contributed by atoms with van der Waals surface area (Å²) in [5, 5.41) is 12.0. The number of hydrogen-bond acceptors (Lipinski definition) is 4. The van der Waals surface area contributed by atoms with Gasteiger partial charge in [0.15, 0.2) is 12.4 Å². The van der Waals surface area contributed by atoms with Gasteiger partial charge in [0.2, 0.25) is 0 Å². The first-order chi connectivity index (χ1) is 9.40. The van der Waals surface area contributed by atoms with Crippen LogP contribution in [0.2, 0.25) is 0 Å². The summed E-state index contributed by atoms with van der Waals surface area (Å²) in [5.41, 5.74) is 1.47. The Hall–Kier alpha value is -1.95. The molecule has 0 saturated heterocycles. The Bertz CT molecular complexity index is 622. The van der Waals surface area contributed by atoms with Crippen molar-refractivity contribution >= 4 is 17.2 Å². The summed E-state index contributed by atoms with van der Waals surface area (Å²) in [7, 11) is 1.76. The molecule has 0 aliphatic carbocycles. The second-order valence-electron chi connectivity index (χ2n) is 4.72.